The SMILES string of the molecule is CC(O/N=C/C(=O)Nc1cccc(C(F)(F)F)c1)C(=O)N1CCN(Cc2ccccc2)CC1. The van der Waals surface area contributed by atoms with Crippen LogP contribution in [0.15, 0.2) is 59.8 Å². The van der Waals surface area contributed by atoms with E-state index in [4.69, 9.17) is 4.84 Å². The fraction of sp³-hybridized carbons (Fsp3) is 0.348. The van der Waals surface area contributed by atoms with Crippen LogP contribution in [0.25, 0.3) is 0 Å². The molecule has 3 rings (SSSR count). The maximum Gasteiger partial charge on any atom is 0.416 e. The molecule has 1 heterocycles. The van der Waals surface area contributed by atoms with Crippen molar-refractivity contribution in [1.82, 2.24) is 9.80 Å². The van der Waals surface area contributed by atoms with Crippen molar-refractivity contribution in [2.45, 2.75) is 25.7 Å². The lowest BCUT2D eigenvalue weighted by molar-refractivity contribution is -0.144. The number of amides is 2. The van der Waals surface area contributed by atoms with Crippen molar-refractivity contribution in [1.29, 1.82) is 0 Å². The lowest BCUT2D eigenvalue weighted by atomic mass is 10.2. The minimum absolute atomic E-state index is 0.0289. The minimum atomic E-state index is -4.51. The molecule has 10 heteroatoms. The van der Waals surface area contributed by atoms with Gasteiger partial charge in [-0.15, -0.1) is 0 Å². The Morgan fingerprint density at radius 1 is 1.09 bits per heavy atom. The van der Waals surface area contributed by atoms with Gasteiger partial charge in [0.1, 0.15) is 6.21 Å². The van der Waals surface area contributed by atoms with Crippen LogP contribution in [-0.4, -0.2) is 60.1 Å². The number of hydrogen-bond acceptors (Lipinski definition) is 5. The van der Waals surface area contributed by atoms with Crippen molar-refractivity contribution in [2.24, 2.45) is 5.16 Å². The molecule has 1 aliphatic rings. The number of anilines is 1. The first kappa shape index (κ1) is 24.2. The number of halogens is 3. The van der Waals surface area contributed by atoms with E-state index in [0.717, 1.165) is 38.0 Å². The normalized spacial score (nSPS) is 15.9. The molecule has 2 amide bonds. The van der Waals surface area contributed by atoms with Crippen molar-refractivity contribution >= 4 is 23.7 Å². The van der Waals surface area contributed by atoms with E-state index in [1.807, 2.05) is 18.2 Å². The number of piperazine rings is 1. The smallest absolute Gasteiger partial charge is 0.383 e. The van der Waals surface area contributed by atoms with Gasteiger partial charge in [0.15, 0.2) is 0 Å². The molecule has 0 spiro atoms. The zero-order valence-electron chi connectivity index (χ0n) is 18.1. The zero-order chi connectivity index (χ0) is 23.8. The summed E-state index contributed by atoms with van der Waals surface area (Å²) >= 11 is 0. The fourth-order valence-corrected chi connectivity index (χ4v) is 3.39. The first-order valence-corrected chi connectivity index (χ1v) is 10.4. The number of carbonyl (C=O) groups excluding carboxylic acids is 2. The lowest BCUT2D eigenvalue weighted by Crippen LogP contribution is -2.50. The molecule has 0 aliphatic carbocycles. The summed E-state index contributed by atoms with van der Waals surface area (Å²) in [5.41, 5.74) is 0.307. The van der Waals surface area contributed by atoms with Crippen LogP contribution in [0.2, 0.25) is 0 Å². The van der Waals surface area contributed by atoms with Gasteiger partial charge >= 0.3 is 6.18 Å². The molecular weight excluding hydrogens is 437 g/mol. The predicted octanol–water partition coefficient (Wildman–Crippen LogP) is 3.38. The maximum atomic E-state index is 12.7. The van der Waals surface area contributed by atoms with E-state index in [0.29, 0.717) is 13.1 Å². The number of hydrogen-bond donors (Lipinski definition) is 1. The van der Waals surface area contributed by atoms with Crippen LogP contribution in [0.4, 0.5) is 18.9 Å². The predicted molar refractivity (Wildman–Crippen MR) is 117 cm³/mol. The van der Waals surface area contributed by atoms with Crippen LogP contribution in [0.1, 0.15) is 18.1 Å². The van der Waals surface area contributed by atoms with Gasteiger partial charge < -0.3 is 15.1 Å². The van der Waals surface area contributed by atoms with E-state index in [9.17, 15) is 22.8 Å². The monoisotopic (exact) mass is 462 g/mol. The molecule has 0 saturated carbocycles. The van der Waals surface area contributed by atoms with Gasteiger partial charge in [-0.2, -0.15) is 13.2 Å². The van der Waals surface area contributed by atoms with Crippen molar-refractivity contribution in [3.05, 3.63) is 65.7 Å². The molecule has 1 unspecified atom stereocenters. The summed E-state index contributed by atoms with van der Waals surface area (Å²) in [6, 6.07) is 14.3. The Morgan fingerprint density at radius 2 is 1.79 bits per heavy atom. The highest BCUT2D eigenvalue weighted by Gasteiger charge is 2.30. The van der Waals surface area contributed by atoms with Crippen molar-refractivity contribution in [3.63, 3.8) is 0 Å². The highest BCUT2D eigenvalue weighted by atomic mass is 19.4. The van der Waals surface area contributed by atoms with Crippen LogP contribution in [0, 0.1) is 0 Å². The van der Waals surface area contributed by atoms with Gasteiger partial charge in [-0.1, -0.05) is 41.6 Å². The second-order valence-electron chi connectivity index (χ2n) is 7.64. The number of oxime groups is 1. The number of nitrogens with zero attached hydrogens (tertiary/aromatic N) is 3. The third-order valence-corrected chi connectivity index (χ3v) is 5.13. The largest absolute Gasteiger partial charge is 0.416 e. The standard InChI is InChI=1S/C23H25F3N4O3/c1-17(22(32)30-12-10-29(11-13-30)16-18-6-3-2-4-7-18)33-27-15-21(31)28-20-9-5-8-19(14-20)23(24,25)26/h2-9,14-15,17H,10-13,16H2,1H3,(H,28,31)/b27-15+. The summed E-state index contributed by atoms with van der Waals surface area (Å²) in [6.45, 7) is 4.92. The Labute approximate surface area is 189 Å². The Balaban J connectivity index is 1.42. The maximum absolute atomic E-state index is 12.7. The summed E-state index contributed by atoms with van der Waals surface area (Å²) in [7, 11) is 0. The summed E-state index contributed by atoms with van der Waals surface area (Å²) in [5.74, 6) is -1.02. The Bertz CT molecular complexity index is 974. The molecule has 7 nitrogen and oxygen atoms in total. The topological polar surface area (TPSA) is 74.2 Å². The van der Waals surface area contributed by atoms with Gasteiger partial charge in [0.25, 0.3) is 11.8 Å². The van der Waals surface area contributed by atoms with Crippen LogP contribution < -0.4 is 5.32 Å². The third kappa shape index (κ3) is 7.31. The number of alkyl halides is 3. The van der Waals surface area contributed by atoms with Gasteiger partial charge in [0.2, 0.25) is 6.10 Å². The number of nitrogens with one attached hydrogen (secondary N) is 1. The van der Waals surface area contributed by atoms with E-state index in [2.05, 4.69) is 27.5 Å². The number of rotatable bonds is 7. The number of carbonyl (C=O) groups is 2. The quantitative estimate of drug-likeness (QED) is 0.506. The van der Waals surface area contributed by atoms with E-state index in [1.54, 1.807) is 4.90 Å². The molecule has 0 radical (unpaired) electrons. The fourth-order valence-electron chi connectivity index (χ4n) is 3.39. The minimum Gasteiger partial charge on any atom is -0.383 e. The lowest BCUT2D eigenvalue weighted by Gasteiger charge is -2.35. The highest BCUT2D eigenvalue weighted by molar-refractivity contribution is 6.31. The first-order chi connectivity index (χ1) is 15.7. The van der Waals surface area contributed by atoms with Gasteiger partial charge in [0, 0.05) is 38.4 Å². The van der Waals surface area contributed by atoms with Crippen LogP contribution in [-0.2, 0) is 27.1 Å². The molecule has 2 aromatic carbocycles. The van der Waals surface area contributed by atoms with Gasteiger partial charge in [-0.05, 0) is 30.7 Å². The highest BCUT2D eigenvalue weighted by Crippen LogP contribution is 2.30. The Hall–Kier alpha value is -3.40. The third-order valence-electron chi connectivity index (χ3n) is 5.13. The number of benzene rings is 2. The van der Waals surface area contributed by atoms with E-state index < -0.39 is 23.8 Å². The molecule has 176 valence electrons. The van der Waals surface area contributed by atoms with Crippen LogP contribution in [0.3, 0.4) is 0 Å². The van der Waals surface area contributed by atoms with E-state index >= 15 is 0 Å². The average molecular weight is 462 g/mol. The van der Waals surface area contributed by atoms with Gasteiger partial charge in [0.05, 0.1) is 5.56 Å². The molecule has 1 saturated heterocycles. The molecule has 33 heavy (non-hydrogen) atoms. The second-order valence-corrected chi connectivity index (χ2v) is 7.64. The van der Waals surface area contributed by atoms with Crippen LogP contribution in [0.5, 0.6) is 0 Å². The van der Waals surface area contributed by atoms with Crippen molar-refractivity contribution in [3.8, 4) is 0 Å². The molecule has 1 N–H and O–H groups in total. The molecule has 0 aromatic heterocycles. The molecule has 2 aromatic rings. The van der Waals surface area contributed by atoms with Gasteiger partial charge in [-0.3, -0.25) is 14.5 Å². The Kier molecular flexibility index (Phi) is 8.05. The molecule has 1 atom stereocenters. The second kappa shape index (κ2) is 11.0. The zero-order valence-corrected chi connectivity index (χ0v) is 18.1. The summed E-state index contributed by atoms with van der Waals surface area (Å²) < 4.78 is 38.2. The van der Waals surface area contributed by atoms with E-state index in [-0.39, 0.29) is 11.6 Å². The molecule has 1 fully saturated rings. The summed E-state index contributed by atoms with van der Waals surface area (Å²) in [4.78, 5) is 33.5. The van der Waals surface area contributed by atoms with Crippen LogP contribution >= 0.6 is 0 Å². The summed E-state index contributed by atoms with van der Waals surface area (Å²) in [5, 5.41) is 5.78. The molecule has 0 bridgehead atoms. The van der Waals surface area contributed by atoms with Crippen molar-refractivity contribution < 1.29 is 27.6 Å². The summed E-state index contributed by atoms with van der Waals surface area (Å²) in [6.07, 6.45) is -4.63. The first-order valence-electron chi connectivity index (χ1n) is 10.4. The van der Waals surface area contributed by atoms with Crippen molar-refractivity contribution in [2.75, 3.05) is 31.5 Å². The van der Waals surface area contributed by atoms with E-state index in [1.165, 1.54) is 24.6 Å². The molecular formula is C23H25F3N4O3. The average Bonchev–Trinajstić information content (AvgIpc) is 2.79. The Morgan fingerprint density at radius 3 is 2.45 bits per heavy atom. The molecule has 1 aliphatic heterocycles. The van der Waals surface area contributed by atoms with Gasteiger partial charge in [-0.25, -0.2) is 0 Å².